The van der Waals surface area contributed by atoms with Crippen LogP contribution in [0.1, 0.15) is 52.2 Å². The Balaban J connectivity index is 1.86. The molecule has 0 bridgehead atoms. The number of aryl methyl sites for hydroxylation is 1. The Labute approximate surface area is 235 Å². The van der Waals surface area contributed by atoms with E-state index in [1.807, 2.05) is 6.92 Å². The lowest BCUT2D eigenvalue weighted by molar-refractivity contribution is -0.179. The maximum atomic E-state index is 13.4. The number of halogens is 1. The van der Waals surface area contributed by atoms with Gasteiger partial charge in [0.2, 0.25) is 5.60 Å². The number of nitrogens with zero attached hydrogens (tertiary/aromatic N) is 3. The fourth-order valence-corrected chi connectivity index (χ4v) is 6.05. The topological polar surface area (TPSA) is 136 Å². The predicted octanol–water partition coefficient (Wildman–Crippen LogP) is 2.20. The van der Waals surface area contributed by atoms with E-state index in [9.17, 15) is 19.2 Å². The van der Waals surface area contributed by atoms with Crippen LogP contribution < -0.4 is 5.32 Å². The van der Waals surface area contributed by atoms with E-state index >= 15 is 0 Å². The number of ether oxygens (including phenoxy) is 1. The van der Waals surface area contributed by atoms with Crippen LogP contribution >= 0.6 is 34.7 Å². The molecule has 1 aromatic heterocycles. The van der Waals surface area contributed by atoms with Gasteiger partial charge >= 0.3 is 20.0 Å². The van der Waals surface area contributed by atoms with E-state index in [0.717, 1.165) is 0 Å². The fraction of sp³-hybridized carbons (Fsp3) is 0.565. The second kappa shape index (κ2) is 11.3. The molecule has 1 aromatic rings. The molecule has 15 heteroatoms. The first-order valence-corrected chi connectivity index (χ1v) is 13.9. The fourth-order valence-electron chi connectivity index (χ4n) is 3.55. The Morgan fingerprint density at radius 3 is 2.45 bits per heavy atom. The third kappa shape index (κ3) is 6.18. The van der Waals surface area contributed by atoms with E-state index < -0.39 is 46.4 Å². The highest BCUT2D eigenvalue weighted by molar-refractivity contribution is 8.00. The summed E-state index contributed by atoms with van der Waals surface area (Å²) in [6.07, 6.45) is 0. The standard InChI is InChI=1S/C23H28BClN4O7S2/c1-10-12(8-25)16(20(32)35-24)29-18(31)15(19(29)38-10)27-17(30)14(13-9-37-11(2)26-13)28-36-23(6,7)21(33)34-22(3,4)5/h9-10,15,19H,8H2,1-7H3,(H,27,30)/b28-14-/t10-,15-,19-/m1/s1. The van der Waals surface area contributed by atoms with Crippen molar-refractivity contribution in [3.63, 3.8) is 0 Å². The molecule has 11 nitrogen and oxygen atoms in total. The van der Waals surface area contributed by atoms with E-state index in [1.165, 1.54) is 41.8 Å². The molecule has 3 atom stereocenters. The third-order valence-corrected chi connectivity index (χ3v) is 8.00. The SMILES string of the molecule is [B]OC(=O)C1=C(CCl)[C@@H](C)S[C@@H]2[C@H](NC(=O)/C(=N\OC(C)(C)C(=O)OC(C)(C)C)c3csc(C)n3)C(=O)N12. The van der Waals surface area contributed by atoms with Gasteiger partial charge in [0.15, 0.2) is 5.71 Å². The maximum Gasteiger partial charge on any atom is 0.378 e. The van der Waals surface area contributed by atoms with E-state index in [1.54, 1.807) is 33.1 Å². The van der Waals surface area contributed by atoms with Crippen molar-refractivity contribution >= 4 is 72.2 Å². The molecular formula is C23H28BClN4O7S2. The van der Waals surface area contributed by atoms with Crippen LogP contribution in [0.5, 0.6) is 0 Å². The zero-order chi connectivity index (χ0) is 28.6. The highest BCUT2D eigenvalue weighted by Crippen LogP contribution is 2.44. The Kier molecular flexibility index (Phi) is 8.89. The average Bonchev–Trinajstić information content (AvgIpc) is 3.25. The lowest BCUT2D eigenvalue weighted by Gasteiger charge is -2.51. The molecule has 0 aromatic carbocycles. The van der Waals surface area contributed by atoms with E-state index in [2.05, 4.69) is 20.1 Å². The summed E-state index contributed by atoms with van der Waals surface area (Å²) in [5.41, 5.74) is -1.84. The Morgan fingerprint density at radius 1 is 1.26 bits per heavy atom. The number of thiazole rings is 1. The van der Waals surface area contributed by atoms with Gasteiger partial charge in [-0.2, -0.15) is 0 Å². The van der Waals surface area contributed by atoms with E-state index in [0.29, 0.717) is 10.6 Å². The number of carbonyl (C=O) groups is 4. The summed E-state index contributed by atoms with van der Waals surface area (Å²) in [5.74, 6) is -2.88. The van der Waals surface area contributed by atoms with Crippen LogP contribution in [-0.4, -0.2) is 81.1 Å². The summed E-state index contributed by atoms with van der Waals surface area (Å²) in [7, 11) is 5.08. The van der Waals surface area contributed by atoms with Crippen molar-refractivity contribution in [2.24, 2.45) is 5.16 Å². The maximum absolute atomic E-state index is 13.4. The second-order valence-electron chi connectivity index (χ2n) is 10.0. The number of esters is 1. The number of nitrogens with one attached hydrogen (secondary N) is 1. The van der Waals surface area contributed by atoms with E-state index in [4.69, 9.17) is 29.2 Å². The summed E-state index contributed by atoms with van der Waals surface area (Å²) in [6, 6.07) is -0.990. The molecule has 0 aliphatic carbocycles. The summed E-state index contributed by atoms with van der Waals surface area (Å²) in [5, 5.41) is 8.03. The first-order valence-electron chi connectivity index (χ1n) is 11.5. The van der Waals surface area contributed by atoms with Gasteiger partial charge in [0.25, 0.3) is 11.8 Å². The van der Waals surface area contributed by atoms with Gasteiger partial charge in [-0.3, -0.25) is 14.5 Å². The number of rotatable bonds is 8. The zero-order valence-corrected chi connectivity index (χ0v) is 24.4. The van der Waals surface area contributed by atoms with Gasteiger partial charge in [-0.1, -0.05) is 5.16 Å². The quantitative estimate of drug-likeness (QED) is 0.122. The van der Waals surface area contributed by atoms with Crippen molar-refractivity contribution in [3.05, 3.63) is 27.4 Å². The van der Waals surface area contributed by atoms with Crippen LogP contribution in [0, 0.1) is 6.92 Å². The first kappa shape index (κ1) is 30.0. The molecule has 1 saturated heterocycles. The van der Waals surface area contributed by atoms with Crippen LogP contribution in [0.25, 0.3) is 0 Å². The van der Waals surface area contributed by atoms with Gasteiger partial charge in [0.1, 0.15) is 28.4 Å². The molecule has 2 radical (unpaired) electrons. The number of amides is 2. The third-order valence-electron chi connectivity index (χ3n) is 5.49. The molecule has 2 aliphatic rings. The number of aromatic nitrogens is 1. The van der Waals surface area contributed by atoms with Crippen molar-refractivity contribution in [1.29, 1.82) is 0 Å². The van der Waals surface area contributed by atoms with E-state index in [-0.39, 0.29) is 28.2 Å². The highest BCUT2D eigenvalue weighted by Gasteiger charge is 2.56. The number of β-lactam (4-membered cyclic amide) rings is 1. The Bertz CT molecular complexity index is 1210. The molecule has 0 saturated carbocycles. The molecule has 204 valence electrons. The molecule has 1 N–H and O–H groups in total. The van der Waals surface area contributed by atoms with Gasteiger partial charge in [0, 0.05) is 16.5 Å². The van der Waals surface area contributed by atoms with Crippen LogP contribution in [0.4, 0.5) is 0 Å². The summed E-state index contributed by atoms with van der Waals surface area (Å²) in [4.78, 5) is 62.3. The number of hydrogen-bond acceptors (Lipinski definition) is 11. The summed E-state index contributed by atoms with van der Waals surface area (Å²) < 4.78 is 9.75. The normalized spacial score (nSPS) is 21.9. The number of alkyl halides is 1. The van der Waals surface area contributed by atoms with Gasteiger partial charge < -0.3 is 19.5 Å². The molecule has 38 heavy (non-hydrogen) atoms. The molecular weight excluding hydrogens is 555 g/mol. The summed E-state index contributed by atoms with van der Waals surface area (Å²) >= 11 is 8.65. The van der Waals surface area contributed by atoms with Crippen molar-refractivity contribution in [3.8, 4) is 0 Å². The number of hydrogen-bond donors (Lipinski definition) is 1. The smallest absolute Gasteiger partial charge is 0.378 e. The minimum Gasteiger partial charge on any atom is -0.539 e. The molecule has 3 heterocycles. The van der Waals surface area contributed by atoms with Gasteiger partial charge in [0.05, 0.1) is 5.01 Å². The van der Waals surface area contributed by atoms with Crippen LogP contribution in [0.15, 0.2) is 21.8 Å². The predicted molar refractivity (Wildman–Crippen MR) is 144 cm³/mol. The van der Waals surface area contributed by atoms with Gasteiger partial charge in [-0.05, 0) is 54.0 Å². The van der Waals surface area contributed by atoms with Gasteiger partial charge in [-0.15, -0.1) is 34.7 Å². The average molecular weight is 583 g/mol. The largest absolute Gasteiger partial charge is 0.539 e. The second-order valence-corrected chi connectivity index (χ2v) is 12.8. The first-order chi connectivity index (χ1) is 17.6. The van der Waals surface area contributed by atoms with Crippen molar-refractivity contribution in [1.82, 2.24) is 15.2 Å². The van der Waals surface area contributed by atoms with Crippen LogP contribution in [0.3, 0.4) is 0 Å². The zero-order valence-electron chi connectivity index (χ0n) is 22.0. The number of thioether (sulfide) groups is 1. The van der Waals surface area contributed by atoms with Crippen molar-refractivity contribution < 1.29 is 33.4 Å². The Hall–Kier alpha value is -2.58. The lowest BCUT2D eigenvalue weighted by atomic mass is 10.0. The van der Waals surface area contributed by atoms with Crippen LogP contribution in [0.2, 0.25) is 0 Å². The van der Waals surface area contributed by atoms with Crippen molar-refractivity contribution in [2.75, 3.05) is 5.88 Å². The molecule has 0 spiro atoms. The molecule has 2 amide bonds. The monoisotopic (exact) mass is 582 g/mol. The minimum absolute atomic E-state index is 0.00309. The molecule has 2 aliphatic heterocycles. The number of carbonyl (C=O) groups excluding carboxylic acids is 4. The number of oxime groups is 1. The molecule has 3 rings (SSSR count). The lowest BCUT2D eigenvalue weighted by Crippen LogP contribution is -2.71. The highest BCUT2D eigenvalue weighted by atomic mass is 35.5. The van der Waals surface area contributed by atoms with Gasteiger partial charge in [-0.25, -0.2) is 14.6 Å². The molecule has 1 fully saturated rings. The summed E-state index contributed by atoms with van der Waals surface area (Å²) in [6.45, 7) is 11.6. The number of fused-ring (bicyclic) bond motifs is 1. The van der Waals surface area contributed by atoms with Crippen molar-refractivity contribution in [2.45, 2.75) is 76.3 Å². The Morgan fingerprint density at radius 2 is 1.92 bits per heavy atom. The van der Waals surface area contributed by atoms with Crippen LogP contribution in [-0.2, 0) is 33.4 Å². The molecule has 0 unspecified atom stereocenters. The minimum atomic E-state index is -1.53.